The van der Waals surface area contributed by atoms with E-state index >= 15 is 0 Å². The van der Waals surface area contributed by atoms with Crippen LogP contribution in [0.5, 0.6) is 0 Å². The molecule has 0 aromatic carbocycles. The molecule has 5 nitrogen and oxygen atoms in total. The zero-order valence-electron chi connectivity index (χ0n) is 12.6. The Bertz CT molecular complexity index is 314. The third-order valence-corrected chi connectivity index (χ3v) is 3.07. The fourth-order valence-corrected chi connectivity index (χ4v) is 1.94. The van der Waals surface area contributed by atoms with Crippen LogP contribution in [0.15, 0.2) is 11.6 Å². The second-order valence-corrected chi connectivity index (χ2v) is 4.99. The summed E-state index contributed by atoms with van der Waals surface area (Å²) in [6.45, 7) is 3.32. The van der Waals surface area contributed by atoms with Gasteiger partial charge in [0.1, 0.15) is 0 Å². The van der Waals surface area contributed by atoms with Gasteiger partial charge in [0.25, 0.3) is 0 Å². The molecule has 0 radical (unpaired) electrons. The lowest BCUT2D eigenvalue weighted by atomic mass is 10.1. The summed E-state index contributed by atoms with van der Waals surface area (Å²) in [4.78, 5) is 22.8. The summed E-state index contributed by atoms with van der Waals surface area (Å²) >= 11 is 0. The van der Waals surface area contributed by atoms with Gasteiger partial charge in [-0.05, 0) is 25.8 Å². The Balaban J connectivity index is 3.92. The molecular weight excluding hydrogens is 254 g/mol. The second-order valence-electron chi connectivity index (χ2n) is 4.99. The van der Waals surface area contributed by atoms with E-state index in [0.29, 0.717) is 31.5 Å². The summed E-state index contributed by atoms with van der Waals surface area (Å²) in [6.07, 6.45) is 9.43. The molecule has 0 rings (SSSR count). The maximum atomic E-state index is 11.9. The Morgan fingerprint density at radius 1 is 1.05 bits per heavy atom. The van der Waals surface area contributed by atoms with Crippen LogP contribution in [0.1, 0.15) is 58.3 Å². The fourth-order valence-electron chi connectivity index (χ4n) is 1.94. The first-order chi connectivity index (χ1) is 9.61. The van der Waals surface area contributed by atoms with E-state index in [-0.39, 0.29) is 5.91 Å². The van der Waals surface area contributed by atoms with Crippen molar-refractivity contribution in [3.63, 3.8) is 0 Å². The minimum Gasteiger partial charge on any atom is -0.366 e. The summed E-state index contributed by atoms with van der Waals surface area (Å²) in [5.41, 5.74) is 10.9. The number of rotatable bonds is 12. The van der Waals surface area contributed by atoms with Gasteiger partial charge < -0.3 is 16.8 Å². The molecule has 0 aliphatic heterocycles. The number of carbonyl (C=O) groups is 2. The van der Waals surface area contributed by atoms with Gasteiger partial charge >= 0.3 is 0 Å². The molecule has 0 atom stereocenters. The summed E-state index contributed by atoms with van der Waals surface area (Å²) in [5.74, 6) is -0.794. The van der Waals surface area contributed by atoms with Crippen LogP contribution in [0, 0.1) is 0 Å². The lowest BCUT2D eigenvalue weighted by Crippen LogP contribution is -2.27. The molecule has 5 N–H and O–H groups in total. The number of hydrogen-bond donors (Lipinski definition) is 3. The first kappa shape index (κ1) is 18.6. The largest absolute Gasteiger partial charge is 0.366 e. The number of nitrogens with one attached hydrogen (secondary N) is 1. The summed E-state index contributed by atoms with van der Waals surface area (Å²) < 4.78 is 0. The molecule has 2 amide bonds. The molecule has 0 bridgehead atoms. The first-order valence-corrected chi connectivity index (χ1v) is 7.60. The van der Waals surface area contributed by atoms with Crippen molar-refractivity contribution >= 4 is 11.8 Å². The van der Waals surface area contributed by atoms with Gasteiger partial charge in [0.2, 0.25) is 11.8 Å². The molecule has 116 valence electrons. The van der Waals surface area contributed by atoms with E-state index in [0.717, 1.165) is 12.8 Å². The van der Waals surface area contributed by atoms with Crippen molar-refractivity contribution in [3.8, 4) is 0 Å². The van der Waals surface area contributed by atoms with Gasteiger partial charge in [0, 0.05) is 18.2 Å². The first-order valence-electron chi connectivity index (χ1n) is 7.60. The van der Waals surface area contributed by atoms with Gasteiger partial charge in [-0.25, -0.2) is 0 Å². The minimum absolute atomic E-state index is 0.203. The number of nitrogens with two attached hydrogens (primary N) is 2. The second kappa shape index (κ2) is 12.7. The van der Waals surface area contributed by atoms with E-state index in [1.54, 1.807) is 0 Å². The summed E-state index contributed by atoms with van der Waals surface area (Å²) in [6, 6.07) is 0. The number of unbranched alkanes of at least 4 members (excludes halogenated alkanes) is 5. The minimum atomic E-state index is -0.591. The van der Waals surface area contributed by atoms with Crippen molar-refractivity contribution in [2.45, 2.75) is 58.3 Å². The van der Waals surface area contributed by atoms with Crippen molar-refractivity contribution in [3.05, 3.63) is 11.6 Å². The lowest BCUT2D eigenvalue weighted by Gasteiger charge is -2.08. The van der Waals surface area contributed by atoms with Crippen LogP contribution in [0.3, 0.4) is 0 Å². The molecule has 20 heavy (non-hydrogen) atoms. The van der Waals surface area contributed by atoms with Crippen molar-refractivity contribution in [1.29, 1.82) is 0 Å². The molecule has 0 fully saturated rings. The zero-order chi connectivity index (χ0) is 15.2. The van der Waals surface area contributed by atoms with E-state index in [1.165, 1.54) is 31.8 Å². The quantitative estimate of drug-likeness (QED) is 0.375. The lowest BCUT2D eigenvalue weighted by molar-refractivity contribution is -0.118. The van der Waals surface area contributed by atoms with Gasteiger partial charge in [0.15, 0.2) is 0 Å². The number of carbonyl (C=O) groups excluding carboxylic acids is 2. The third kappa shape index (κ3) is 10.6. The van der Waals surface area contributed by atoms with Crippen molar-refractivity contribution in [2.24, 2.45) is 11.5 Å². The molecule has 5 heteroatoms. The van der Waals surface area contributed by atoms with Crippen LogP contribution in [0.4, 0.5) is 0 Å². The van der Waals surface area contributed by atoms with Crippen LogP contribution >= 0.6 is 0 Å². The van der Waals surface area contributed by atoms with Crippen LogP contribution in [0.25, 0.3) is 0 Å². The predicted octanol–water partition coefficient (Wildman–Crippen LogP) is 1.61. The maximum absolute atomic E-state index is 11.9. The zero-order valence-corrected chi connectivity index (χ0v) is 12.6. The number of amides is 2. The monoisotopic (exact) mass is 283 g/mol. The maximum Gasteiger partial charge on any atom is 0.247 e. The van der Waals surface area contributed by atoms with Gasteiger partial charge in [-0.2, -0.15) is 0 Å². The molecule has 0 saturated carbocycles. The van der Waals surface area contributed by atoms with E-state index in [4.69, 9.17) is 11.5 Å². The summed E-state index contributed by atoms with van der Waals surface area (Å²) in [7, 11) is 0. The molecular formula is C15H29N3O2. The topological polar surface area (TPSA) is 98.2 Å². The number of primary amides is 1. The van der Waals surface area contributed by atoms with Crippen LogP contribution in [-0.4, -0.2) is 24.9 Å². The van der Waals surface area contributed by atoms with Crippen LogP contribution in [0.2, 0.25) is 0 Å². The third-order valence-electron chi connectivity index (χ3n) is 3.07. The SMILES string of the molecule is CCCCCCCCNC(=O)/C(=C\C(N)=O)CCCN. The standard InChI is InChI=1S/C15H29N3O2/c1-2-3-4-5-6-7-11-18-15(20)13(9-8-10-16)12-14(17)19/h12H,2-11,16H2,1H3,(H2,17,19)(H,18,20)/b13-12-. The fraction of sp³-hybridized carbons (Fsp3) is 0.733. The summed E-state index contributed by atoms with van der Waals surface area (Å²) in [5, 5.41) is 2.83. The van der Waals surface area contributed by atoms with Gasteiger partial charge in [-0.1, -0.05) is 39.0 Å². The molecule has 0 spiro atoms. The Kier molecular flexibility index (Phi) is 11.8. The Labute approximate surface area is 122 Å². The highest BCUT2D eigenvalue weighted by molar-refractivity contribution is 6.00. The van der Waals surface area contributed by atoms with Gasteiger partial charge in [0.05, 0.1) is 0 Å². The highest BCUT2D eigenvalue weighted by Gasteiger charge is 2.09. The molecule has 0 aromatic rings. The molecule has 0 aliphatic rings. The Morgan fingerprint density at radius 2 is 1.70 bits per heavy atom. The number of hydrogen-bond acceptors (Lipinski definition) is 3. The highest BCUT2D eigenvalue weighted by atomic mass is 16.2. The Morgan fingerprint density at radius 3 is 2.30 bits per heavy atom. The van der Waals surface area contributed by atoms with E-state index in [9.17, 15) is 9.59 Å². The molecule has 0 aromatic heterocycles. The highest BCUT2D eigenvalue weighted by Crippen LogP contribution is 2.06. The van der Waals surface area contributed by atoms with E-state index in [1.807, 2.05) is 0 Å². The van der Waals surface area contributed by atoms with Gasteiger partial charge in [-0.3, -0.25) is 9.59 Å². The van der Waals surface area contributed by atoms with Crippen molar-refractivity contribution in [2.75, 3.05) is 13.1 Å². The predicted molar refractivity (Wildman–Crippen MR) is 82.0 cm³/mol. The normalized spacial score (nSPS) is 11.4. The van der Waals surface area contributed by atoms with E-state index < -0.39 is 5.91 Å². The molecule has 0 unspecified atom stereocenters. The average Bonchev–Trinajstić information content (AvgIpc) is 2.41. The molecule has 0 saturated heterocycles. The van der Waals surface area contributed by atoms with Crippen LogP contribution < -0.4 is 16.8 Å². The molecule has 0 aliphatic carbocycles. The van der Waals surface area contributed by atoms with Gasteiger partial charge in [-0.15, -0.1) is 0 Å². The Hall–Kier alpha value is -1.36. The van der Waals surface area contributed by atoms with E-state index in [2.05, 4.69) is 12.2 Å². The molecule has 0 heterocycles. The van der Waals surface area contributed by atoms with Crippen molar-refractivity contribution < 1.29 is 9.59 Å². The average molecular weight is 283 g/mol. The van der Waals surface area contributed by atoms with Crippen molar-refractivity contribution in [1.82, 2.24) is 5.32 Å². The van der Waals surface area contributed by atoms with Crippen LogP contribution in [-0.2, 0) is 9.59 Å². The smallest absolute Gasteiger partial charge is 0.247 e.